The summed E-state index contributed by atoms with van der Waals surface area (Å²) in [5, 5.41) is 2.95. The molecule has 1 N–H and O–H groups in total. The van der Waals surface area contributed by atoms with Gasteiger partial charge in [0.1, 0.15) is 18.1 Å². The van der Waals surface area contributed by atoms with Gasteiger partial charge in [0.2, 0.25) is 5.91 Å². The van der Waals surface area contributed by atoms with Crippen LogP contribution in [0.1, 0.15) is 6.92 Å². The lowest BCUT2D eigenvalue weighted by Gasteiger charge is -2.28. The van der Waals surface area contributed by atoms with Crippen molar-refractivity contribution >= 4 is 17.3 Å². The van der Waals surface area contributed by atoms with Crippen molar-refractivity contribution in [3.63, 3.8) is 0 Å². The molecule has 0 saturated carbocycles. The number of benzene rings is 2. The Labute approximate surface area is 178 Å². The van der Waals surface area contributed by atoms with Crippen molar-refractivity contribution in [2.24, 2.45) is 0 Å². The van der Waals surface area contributed by atoms with E-state index in [4.69, 9.17) is 14.2 Å². The van der Waals surface area contributed by atoms with E-state index < -0.39 is 0 Å². The molecule has 0 aliphatic carbocycles. The number of anilines is 2. The van der Waals surface area contributed by atoms with E-state index >= 15 is 0 Å². The lowest BCUT2D eigenvalue weighted by molar-refractivity contribution is -0.117. The molecule has 1 saturated heterocycles. The average molecular weight is 414 g/mol. The summed E-state index contributed by atoms with van der Waals surface area (Å²) in [4.78, 5) is 16.5. The predicted molar refractivity (Wildman–Crippen MR) is 119 cm³/mol. The number of morpholine rings is 1. The summed E-state index contributed by atoms with van der Waals surface area (Å²) < 4.78 is 16.5. The smallest absolute Gasteiger partial charge is 0.238 e. The standard InChI is InChI=1S/C23H31N3O4/c1-3-29-21-8-10-22(11-9-21)30-17-12-25(2)18-23(27)24-19-4-6-20(7-5-19)26-13-15-28-16-14-26/h4-11H,3,12-18H2,1-2H3,(H,24,27). The van der Waals surface area contributed by atoms with Crippen LogP contribution in [0.15, 0.2) is 48.5 Å². The van der Waals surface area contributed by atoms with E-state index in [0.29, 0.717) is 26.3 Å². The third-order valence-electron chi connectivity index (χ3n) is 4.82. The minimum Gasteiger partial charge on any atom is -0.494 e. The number of likely N-dealkylation sites (N-methyl/N-ethyl adjacent to an activating group) is 1. The van der Waals surface area contributed by atoms with E-state index in [-0.39, 0.29) is 5.91 Å². The van der Waals surface area contributed by atoms with E-state index in [1.54, 1.807) is 0 Å². The molecule has 1 aliphatic heterocycles. The second kappa shape index (κ2) is 11.4. The van der Waals surface area contributed by atoms with Crippen LogP contribution in [0.4, 0.5) is 11.4 Å². The van der Waals surface area contributed by atoms with Crippen LogP contribution in [0, 0.1) is 0 Å². The molecule has 3 rings (SSSR count). The first-order valence-corrected chi connectivity index (χ1v) is 10.4. The van der Waals surface area contributed by atoms with Gasteiger partial charge in [0, 0.05) is 31.0 Å². The molecule has 30 heavy (non-hydrogen) atoms. The first-order valence-electron chi connectivity index (χ1n) is 10.4. The van der Waals surface area contributed by atoms with E-state index in [0.717, 1.165) is 49.2 Å². The number of carbonyl (C=O) groups excluding carboxylic acids is 1. The number of nitrogens with one attached hydrogen (secondary N) is 1. The molecule has 162 valence electrons. The number of amides is 1. The molecule has 0 aromatic heterocycles. The topological polar surface area (TPSA) is 63.3 Å². The molecule has 1 aliphatic rings. The van der Waals surface area contributed by atoms with Gasteiger partial charge in [-0.3, -0.25) is 9.69 Å². The maximum Gasteiger partial charge on any atom is 0.238 e. The molecule has 1 amide bonds. The van der Waals surface area contributed by atoms with Crippen LogP contribution < -0.4 is 19.7 Å². The molecule has 1 fully saturated rings. The first kappa shape index (κ1) is 21.9. The molecule has 0 atom stereocenters. The molecule has 1 heterocycles. The lowest BCUT2D eigenvalue weighted by atomic mass is 10.2. The van der Waals surface area contributed by atoms with Gasteiger partial charge in [0.25, 0.3) is 0 Å². The fourth-order valence-corrected chi connectivity index (χ4v) is 3.22. The van der Waals surface area contributed by atoms with Gasteiger partial charge in [-0.05, 0) is 62.5 Å². The van der Waals surface area contributed by atoms with Gasteiger partial charge in [0.05, 0.1) is 26.4 Å². The molecule has 7 nitrogen and oxygen atoms in total. The highest BCUT2D eigenvalue weighted by Gasteiger charge is 2.12. The zero-order valence-electron chi connectivity index (χ0n) is 17.8. The van der Waals surface area contributed by atoms with Crippen molar-refractivity contribution in [2.45, 2.75) is 6.92 Å². The molecule has 0 spiro atoms. The molecule has 0 radical (unpaired) electrons. The molecule has 7 heteroatoms. The number of hydrogen-bond acceptors (Lipinski definition) is 6. The summed E-state index contributed by atoms with van der Waals surface area (Å²) in [5.74, 6) is 1.57. The highest BCUT2D eigenvalue weighted by Crippen LogP contribution is 2.19. The molecule has 0 unspecified atom stereocenters. The summed E-state index contributed by atoms with van der Waals surface area (Å²) in [7, 11) is 1.91. The van der Waals surface area contributed by atoms with E-state index in [1.165, 1.54) is 0 Å². The fraction of sp³-hybridized carbons (Fsp3) is 0.435. The summed E-state index contributed by atoms with van der Waals surface area (Å²) in [6.45, 7) is 7.37. The van der Waals surface area contributed by atoms with Gasteiger partial charge >= 0.3 is 0 Å². The maximum atomic E-state index is 12.3. The third kappa shape index (κ3) is 6.93. The average Bonchev–Trinajstić information content (AvgIpc) is 2.76. The summed E-state index contributed by atoms with van der Waals surface area (Å²) >= 11 is 0. The highest BCUT2D eigenvalue weighted by molar-refractivity contribution is 5.92. The van der Waals surface area contributed by atoms with Gasteiger partial charge < -0.3 is 24.4 Å². The Morgan fingerprint density at radius 1 is 1.03 bits per heavy atom. The Balaban J connectivity index is 1.36. The minimum atomic E-state index is -0.0438. The van der Waals surface area contributed by atoms with Crippen LogP contribution in [-0.2, 0) is 9.53 Å². The summed E-state index contributed by atoms with van der Waals surface area (Å²) in [5.41, 5.74) is 1.95. The maximum absolute atomic E-state index is 12.3. The van der Waals surface area contributed by atoms with Crippen molar-refractivity contribution in [1.82, 2.24) is 4.90 Å². The largest absolute Gasteiger partial charge is 0.494 e. The Morgan fingerprint density at radius 3 is 2.30 bits per heavy atom. The predicted octanol–water partition coefficient (Wildman–Crippen LogP) is 2.87. The number of carbonyl (C=O) groups is 1. The van der Waals surface area contributed by atoms with Crippen molar-refractivity contribution in [3.05, 3.63) is 48.5 Å². The van der Waals surface area contributed by atoms with Crippen molar-refractivity contribution in [2.75, 3.05) is 69.9 Å². The van der Waals surface area contributed by atoms with Crippen LogP contribution in [0.3, 0.4) is 0 Å². The molecular weight excluding hydrogens is 382 g/mol. The number of hydrogen-bond donors (Lipinski definition) is 1. The monoisotopic (exact) mass is 413 g/mol. The Kier molecular flexibility index (Phi) is 8.35. The second-order valence-electron chi connectivity index (χ2n) is 7.19. The molecule has 2 aromatic rings. The van der Waals surface area contributed by atoms with E-state index in [1.807, 2.05) is 67.4 Å². The van der Waals surface area contributed by atoms with Crippen LogP contribution >= 0.6 is 0 Å². The lowest BCUT2D eigenvalue weighted by Crippen LogP contribution is -2.36. The normalized spacial score (nSPS) is 13.9. The van der Waals surface area contributed by atoms with Gasteiger partial charge in [0.15, 0.2) is 0 Å². The van der Waals surface area contributed by atoms with Crippen LogP contribution in [0.25, 0.3) is 0 Å². The van der Waals surface area contributed by atoms with Gasteiger partial charge in [-0.15, -0.1) is 0 Å². The Bertz CT molecular complexity index is 774. The van der Waals surface area contributed by atoms with Crippen molar-refractivity contribution < 1.29 is 19.0 Å². The minimum absolute atomic E-state index is 0.0438. The number of rotatable bonds is 10. The van der Waals surface area contributed by atoms with Crippen LogP contribution in [0.5, 0.6) is 11.5 Å². The zero-order chi connectivity index (χ0) is 21.2. The number of nitrogens with zero attached hydrogens (tertiary/aromatic N) is 2. The Morgan fingerprint density at radius 2 is 1.67 bits per heavy atom. The van der Waals surface area contributed by atoms with E-state index in [2.05, 4.69) is 10.2 Å². The number of ether oxygens (including phenoxy) is 3. The van der Waals surface area contributed by atoms with E-state index in [9.17, 15) is 4.79 Å². The van der Waals surface area contributed by atoms with Gasteiger partial charge in [-0.25, -0.2) is 0 Å². The summed E-state index contributed by atoms with van der Waals surface area (Å²) in [6.07, 6.45) is 0. The first-order chi connectivity index (χ1) is 14.6. The second-order valence-corrected chi connectivity index (χ2v) is 7.19. The fourth-order valence-electron chi connectivity index (χ4n) is 3.22. The van der Waals surface area contributed by atoms with Crippen LogP contribution in [-0.4, -0.2) is 70.5 Å². The molecule has 2 aromatic carbocycles. The summed E-state index contributed by atoms with van der Waals surface area (Å²) in [6, 6.07) is 15.5. The molecule has 0 bridgehead atoms. The van der Waals surface area contributed by atoms with Crippen LogP contribution in [0.2, 0.25) is 0 Å². The highest BCUT2D eigenvalue weighted by atomic mass is 16.5. The van der Waals surface area contributed by atoms with Gasteiger partial charge in [-0.2, -0.15) is 0 Å². The third-order valence-corrected chi connectivity index (χ3v) is 4.82. The molecular formula is C23H31N3O4. The quantitative estimate of drug-likeness (QED) is 0.646. The zero-order valence-corrected chi connectivity index (χ0v) is 17.8. The Hall–Kier alpha value is -2.77. The van der Waals surface area contributed by atoms with Crippen molar-refractivity contribution in [3.8, 4) is 11.5 Å². The van der Waals surface area contributed by atoms with Gasteiger partial charge in [-0.1, -0.05) is 0 Å². The van der Waals surface area contributed by atoms with Crippen molar-refractivity contribution in [1.29, 1.82) is 0 Å². The SMILES string of the molecule is CCOc1ccc(OCCN(C)CC(=O)Nc2ccc(N3CCOCC3)cc2)cc1.